The predicted octanol–water partition coefficient (Wildman–Crippen LogP) is 1.47. The molecule has 2 bridgehead atoms. The Hall–Kier alpha value is -2.88. The minimum absolute atomic E-state index is 0.00907. The van der Waals surface area contributed by atoms with Crippen molar-refractivity contribution in [2.75, 3.05) is 27.4 Å². The predicted molar refractivity (Wildman–Crippen MR) is 169 cm³/mol. The summed E-state index contributed by atoms with van der Waals surface area (Å²) in [5.41, 5.74) is -7.83. The van der Waals surface area contributed by atoms with Crippen LogP contribution in [0.1, 0.15) is 39.2 Å². The van der Waals surface area contributed by atoms with Crippen LogP contribution < -0.4 is 0 Å². The van der Waals surface area contributed by atoms with Crippen molar-refractivity contribution in [3.63, 3.8) is 0 Å². The lowest BCUT2D eigenvalue weighted by atomic mass is 9.37. The van der Waals surface area contributed by atoms with E-state index >= 15 is 0 Å². The smallest absolute Gasteiger partial charge is 0.366 e. The first kappa shape index (κ1) is 33.0. The minimum atomic E-state index is -2.10. The lowest BCUT2D eigenvalue weighted by Crippen LogP contribution is -2.78. The molecule has 5 aliphatic heterocycles. The molecule has 13 heteroatoms. The highest BCUT2D eigenvalue weighted by Crippen LogP contribution is 2.80. The molecule has 0 aromatic heterocycles. The Morgan fingerprint density at radius 3 is 2.52 bits per heavy atom. The van der Waals surface area contributed by atoms with Crippen LogP contribution in [0, 0.1) is 34.0 Å². The fourth-order valence-corrected chi connectivity index (χ4v) is 12.5. The van der Waals surface area contributed by atoms with E-state index in [9.17, 15) is 24.9 Å². The first-order valence-corrected chi connectivity index (χ1v) is 17.3. The average Bonchev–Trinajstić information content (AvgIpc) is 3.86. The van der Waals surface area contributed by atoms with Gasteiger partial charge in [-0.1, -0.05) is 44.2 Å². The second-order valence-electron chi connectivity index (χ2n) is 16.1. The quantitative estimate of drug-likeness (QED) is 0.299. The van der Waals surface area contributed by atoms with Gasteiger partial charge in [-0.2, -0.15) is 0 Å². The molecule has 5 heterocycles. The molecule has 50 heavy (non-hydrogen) atoms. The van der Waals surface area contributed by atoms with E-state index in [2.05, 4.69) is 0 Å². The summed E-state index contributed by atoms with van der Waals surface area (Å²) in [7, 11) is 2.58. The lowest BCUT2D eigenvalue weighted by molar-refractivity contribution is -0.317. The molecule has 3 N–H and O–H groups in total. The van der Waals surface area contributed by atoms with Crippen molar-refractivity contribution in [1.82, 2.24) is 0 Å². The summed E-state index contributed by atoms with van der Waals surface area (Å²) < 4.78 is 50.3. The zero-order valence-electron chi connectivity index (χ0n) is 28.6. The van der Waals surface area contributed by atoms with Gasteiger partial charge >= 0.3 is 11.9 Å². The van der Waals surface area contributed by atoms with Crippen LogP contribution in [0.25, 0.3) is 6.08 Å². The Morgan fingerprint density at radius 2 is 1.80 bits per heavy atom. The van der Waals surface area contributed by atoms with Crippen LogP contribution in [0.4, 0.5) is 0 Å². The van der Waals surface area contributed by atoms with Gasteiger partial charge in [0.25, 0.3) is 5.79 Å². The third-order valence-corrected chi connectivity index (χ3v) is 14.5. The SMILES string of the molecule is COC(=O)[C@@]1(OC)OC[C@]23[C@@H]4[C@@H](OC[C@@]4(C)[C@@H](O)C[C@H]2OC(=O)/C=C/c2ccccc2)[C@@H]2O[C@@]4(C)[C@H]5C[C@H](O[C@H]6OC=C[C@]65O)[C@@]4(O)[C@@]2(C)[C@@H]13. The Labute approximate surface area is 289 Å². The van der Waals surface area contributed by atoms with Crippen molar-refractivity contribution in [2.45, 2.75) is 93.0 Å². The standard InChI is InChI=1S/C37H44O13/c1-31-17-46-25-26(31)34(22(16-21(31)38)48-24(39)12-11-19-9-7-6-8-10-19)18-47-36(44-5,29(40)43-4)28(34)32(2)27(25)50-33(3)20-15-23(37(32,33)42)49-30-35(20,41)13-14-45-30/h6-14,20-23,25-28,30,38,41-42H,15-18H2,1-5H3/b12-11+/t20-,21+,22-,23+,25-,26-,27+,28-,30-,31+,32-,33+,34-,35-,36+,37-/m1/s1. The zero-order chi connectivity index (χ0) is 35.3. The van der Waals surface area contributed by atoms with Crippen LogP contribution >= 0.6 is 0 Å². The van der Waals surface area contributed by atoms with Gasteiger partial charge in [-0.25, -0.2) is 9.59 Å². The molecule has 9 rings (SSSR count). The van der Waals surface area contributed by atoms with Gasteiger partial charge in [-0.15, -0.1) is 0 Å². The third-order valence-electron chi connectivity index (χ3n) is 14.5. The zero-order valence-corrected chi connectivity index (χ0v) is 28.6. The second kappa shape index (κ2) is 10.2. The fraction of sp³-hybridized carbons (Fsp3) is 0.676. The van der Waals surface area contributed by atoms with E-state index in [1.54, 1.807) is 13.0 Å². The molecule has 0 radical (unpaired) electrons. The van der Waals surface area contributed by atoms with Gasteiger partial charge in [0.05, 0.1) is 51.0 Å². The molecule has 1 spiro atoms. The molecule has 3 aliphatic carbocycles. The van der Waals surface area contributed by atoms with Crippen molar-refractivity contribution in [2.24, 2.45) is 34.0 Å². The Balaban J connectivity index is 1.25. The van der Waals surface area contributed by atoms with Crippen LogP contribution in [0.5, 0.6) is 0 Å². The van der Waals surface area contributed by atoms with E-state index < -0.39 is 105 Å². The summed E-state index contributed by atoms with van der Waals surface area (Å²) in [6.07, 6.45) is 0.492. The molecule has 16 atom stereocenters. The normalized spacial score (nSPS) is 54.8. The topological polar surface area (TPSA) is 169 Å². The molecular weight excluding hydrogens is 652 g/mol. The van der Waals surface area contributed by atoms with Crippen molar-refractivity contribution >= 4 is 18.0 Å². The number of rotatable bonds is 5. The van der Waals surface area contributed by atoms with E-state index in [0.717, 1.165) is 5.56 Å². The molecule has 3 saturated carbocycles. The van der Waals surface area contributed by atoms with Gasteiger partial charge in [0.15, 0.2) is 5.60 Å². The number of aliphatic hydroxyl groups excluding tert-OH is 1. The molecule has 0 amide bonds. The van der Waals surface area contributed by atoms with Crippen molar-refractivity contribution in [3.05, 3.63) is 54.3 Å². The van der Waals surface area contributed by atoms with Crippen molar-refractivity contribution in [1.29, 1.82) is 0 Å². The van der Waals surface area contributed by atoms with Crippen molar-refractivity contribution < 1.29 is 62.8 Å². The molecule has 7 fully saturated rings. The molecule has 0 unspecified atom stereocenters. The number of esters is 2. The van der Waals surface area contributed by atoms with Gasteiger partial charge in [0, 0.05) is 53.6 Å². The van der Waals surface area contributed by atoms with Crippen LogP contribution in [-0.2, 0) is 47.5 Å². The summed E-state index contributed by atoms with van der Waals surface area (Å²) in [4.78, 5) is 27.9. The summed E-state index contributed by atoms with van der Waals surface area (Å²) in [5.74, 6) is -5.97. The van der Waals surface area contributed by atoms with E-state index in [0.29, 0.717) is 0 Å². The monoisotopic (exact) mass is 696 g/mol. The molecule has 4 saturated heterocycles. The van der Waals surface area contributed by atoms with Crippen molar-refractivity contribution in [3.8, 4) is 0 Å². The van der Waals surface area contributed by atoms with Gasteiger partial charge in [0.2, 0.25) is 6.29 Å². The molecule has 13 nitrogen and oxygen atoms in total. The van der Waals surface area contributed by atoms with Crippen LogP contribution in [0.3, 0.4) is 0 Å². The lowest BCUT2D eigenvalue weighted by Gasteiger charge is -2.66. The summed E-state index contributed by atoms with van der Waals surface area (Å²) >= 11 is 0. The van der Waals surface area contributed by atoms with E-state index in [-0.39, 0.29) is 26.1 Å². The highest BCUT2D eigenvalue weighted by Gasteiger charge is 2.94. The van der Waals surface area contributed by atoms with E-state index in [4.69, 9.17) is 37.9 Å². The Bertz CT molecular complexity index is 1680. The molecule has 1 aromatic rings. The van der Waals surface area contributed by atoms with Crippen LogP contribution in [-0.4, -0.2) is 114 Å². The number of benzene rings is 1. The maximum Gasteiger partial charge on any atom is 0.366 e. The largest absolute Gasteiger partial charge is 0.469 e. The first-order chi connectivity index (χ1) is 23.7. The van der Waals surface area contributed by atoms with Crippen LogP contribution in [0.15, 0.2) is 48.7 Å². The highest BCUT2D eigenvalue weighted by molar-refractivity contribution is 5.87. The van der Waals surface area contributed by atoms with Gasteiger partial charge in [-0.05, 0) is 31.1 Å². The maximum absolute atomic E-state index is 14.2. The van der Waals surface area contributed by atoms with Gasteiger partial charge < -0.3 is 53.2 Å². The molecular formula is C37H44O13. The van der Waals surface area contributed by atoms with E-state index in [1.807, 2.05) is 44.2 Å². The Morgan fingerprint density at radius 1 is 1.04 bits per heavy atom. The molecule has 1 aromatic carbocycles. The van der Waals surface area contributed by atoms with Gasteiger partial charge in [0.1, 0.15) is 17.3 Å². The number of carbonyl (C=O) groups excluding carboxylic acids is 2. The maximum atomic E-state index is 14.2. The van der Waals surface area contributed by atoms with Crippen LogP contribution in [0.2, 0.25) is 0 Å². The molecule has 8 aliphatic rings. The molecule has 270 valence electrons. The van der Waals surface area contributed by atoms with Gasteiger partial charge in [-0.3, -0.25) is 0 Å². The minimum Gasteiger partial charge on any atom is -0.469 e. The van der Waals surface area contributed by atoms with E-state index in [1.165, 1.54) is 32.6 Å². The Kier molecular flexibility index (Phi) is 6.70. The first-order valence-electron chi connectivity index (χ1n) is 17.3. The number of ether oxygens (including phenoxy) is 8. The number of aliphatic hydroxyl groups is 3. The second-order valence-corrected chi connectivity index (χ2v) is 16.1. The summed E-state index contributed by atoms with van der Waals surface area (Å²) in [6, 6.07) is 9.30. The number of fused-ring (bicyclic) bond motifs is 11. The number of carbonyl (C=O) groups is 2. The highest BCUT2D eigenvalue weighted by atomic mass is 16.7. The third kappa shape index (κ3) is 3.43. The fourth-order valence-electron chi connectivity index (χ4n) is 12.5. The average molecular weight is 697 g/mol. The number of hydrogen-bond acceptors (Lipinski definition) is 13. The number of hydrogen-bond donors (Lipinski definition) is 3. The summed E-state index contributed by atoms with van der Waals surface area (Å²) in [5, 5.41) is 37.5. The summed E-state index contributed by atoms with van der Waals surface area (Å²) in [6.45, 7) is 5.53. The number of methoxy groups -OCH3 is 2.